The minimum absolute atomic E-state index is 0.332. The topological polar surface area (TPSA) is 58.4 Å². The molecule has 3 N–H and O–H groups in total. The zero-order valence-corrected chi connectivity index (χ0v) is 12.2. The van der Waals surface area contributed by atoms with Gasteiger partial charge in [0.1, 0.15) is 0 Å². The highest BCUT2D eigenvalue weighted by atomic mass is 35.5. The van der Waals surface area contributed by atoms with Crippen molar-refractivity contribution < 1.29 is 4.79 Å². The maximum Gasteiger partial charge on any atom is 0.326 e. The van der Waals surface area contributed by atoms with Crippen LogP contribution in [-0.2, 0) is 0 Å². The number of rotatable bonds is 2. The maximum atomic E-state index is 12.2. The summed E-state index contributed by atoms with van der Waals surface area (Å²) >= 11 is 11.8. The highest BCUT2D eigenvalue weighted by Gasteiger charge is 2.13. The molecule has 0 spiro atoms. The lowest BCUT2D eigenvalue weighted by Gasteiger charge is -2.19. The van der Waals surface area contributed by atoms with Crippen LogP contribution in [0.3, 0.4) is 0 Å². The van der Waals surface area contributed by atoms with Crippen molar-refractivity contribution in [3.05, 3.63) is 52.5 Å². The van der Waals surface area contributed by atoms with Crippen LogP contribution in [0.4, 0.5) is 21.9 Å². The van der Waals surface area contributed by atoms with Gasteiger partial charge in [0, 0.05) is 22.8 Å². The summed E-state index contributed by atoms with van der Waals surface area (Å²) in [5, 5.41) is 3.62. The monoisotopic (exact) mass is 309 g/mol. The Morgan fingerprint density at radius 3 is 2.35 bits per heavy atom. The lowest BCUT2D eigenvalue weighted by atomic mass is 10.2. The third-order valence-corrected chi connectivity index (χ3v) is 3.15. The number of nitrogen functional groups attached to an aromatic ring is 1. The number of hydrogen-bond donors (Lipinski definition) is 2. The van der Waals surface area contributed by atoms with E-state index in [0.717, 1.165) is 0 Å². The molecule has 2 aromatic rings. The summed E-state index contributed by atoms with van der Waals surface area (Å²) in [6.07, 6.45) is 0. The number of halogens is 2. The van der Waals surface area contributed by atoms with Crippen LogP contribution in [-0.4, -0.2) is 13.1 Å². The second kappa shape index (κ2) is 6.03. The fourth-order valence-electron chi connectivity index (χ4n) is 1.74. The average molecular weight is 310 g/mol. The fourth-order valence-corrected chi connectivity index (χ4v) is 2.26. The molecule has 2 amide bonds. The number of carbonyl (C=O) groups excluding carboxylic acids is 1. The Hall–Kier alpha value is -1.91. The summed E-state index contributed by atoms with van der Waals surface area (Å²) in [6, 6.07) is 11.6. The number of carbonyl (C=O) groups is 1. The van der Waals surface area contributed by atoms with Gasteiger partial charge in [-0.05, 0) is 30.3 Å². The minimum Gasteiger partial charge on any atom is -0.397 e. The molecular formula is C14H13Cl2N3O. The van der Waals surface area contributed by atoms with E-state index in [1.807, 2.05) is 6.07 Å². The van der Waals surface area contributed by atoms with Gasteiger partial charge in [0.15, 0.2) is 0 Å². The van der Waals surface area contributed by atoms with Gasteiger partial charge in [0.25, 0.3) is 0 Å². The predicted molar refractivity (Wildman–Crippen MR) is 84.7 cm³/mol. The second-order valence-corrected chi connectivity index (χ2v) is 5.08. The third kappa shape index (κ3) is 3.35. The first-order valence-corrected chi connectivity index (χ1v) is 6.58. The first kappa shape index (κ1) is 14.5. The quantitative estimate of drug-likeness (QED) is 0.815. The number of hydrogen-bond acceptors (Lipinski definition) is 2. The van der Waals surface area contributed by atoms with Crippen LogP contribution >= 0.6 is 23.2 Å². The Morgan fingerprint density at radius 1 is 1.15 bits per heavy atom. The molecule has 0 unspecified atom stereocenters. The molecular weight excluding hydrogens is 297 g/mol. The van der Waals surface area contributed by atoms with E-state index in [9.17, 15) is 4.79 Å². The lowest BCUT2D eigenvalue weighted by Crippen LogP contribution is -2.31. The van der Waals surface area contributed by atoms with Crippen molar-refractivity contribution >= 4 is 46.3 Å². The summed E-state index contributed by atoms with van der Waals surface area (Å²) in [5.41, 5.74) is 7.50. The van der Waals surface area contributed by atoms with Gasteiger partial charge in [-0.2, -0.15) is 0 Å². The van der Waals surface area contributed by atoms with Crippen molar-refractivity contribution in [3.8, 4) is 0 Å². The summed E-state index contributed by atoms with van der Waals surface area (Å²) in [6.45, 7) is 0. The normalized spacial score (nSPS) is 10.2. The molecule has 0 saturated heterocycles. The lowest BCUT2D eigenvalue weighted by molar-refractivity contribution is 0.258. The number of benzene rings is 2. The van der Waals surface area contributed by atoms with E-state index < -0.39 is 0 Å². The molecule has 0 aliphatic heterocycles. The molecule has 2 aromatic carbocycles. The van der Waals surface area contributed by atoms with E-state index in [1.165, 1.54) is 4.90 Å². The van der Waals surface area contributed by atoms with E-state index in [-0.39, 0.29) is 6.03 Å². The van der Waals surface area contributed by atoms with Crippen LogP contribution in [0.25, 0.3) is 0 Å². The average Bonchev–Trinajstić information content (AvgIpc) is 2.37. The zero-order valence-electron chi connectivity index (χ0n) is 10.7. The van der Waals surface area contributed by atoms with Crippen LogP contribution in [0.2, 0.25) is 10.0 Å². The van der Waals surface area contributed by atoms with E-state index in [4.69, 9.17) is 28.9 Å². The van der Waals surface area contributed by atoms with Crippen molar-refractivity contribution in [1.29, 1.82) is 0 Å². The standard InChI is InChI=1S/C14H13Cl2N3O/c1-19(13-5-3-2-4-12(13)17)14(20)18-11-7-9(15)6-10(16)8-11/h2-8H,17H2,1H3,(H,18,20). The molecule has 0 aliphatic carbocycles. The Balaban J connectivity index is 2.18. The number of anilines is 3. The highest BCUT2D eigenvalue weighted by molar-refractivity contribution is 6.35. The number of amides is 2. The van der Waals surface area contributed by atoms with Gasteiger partial charge in [0.05, 0.1) is 11.4 Å². The summed E-state index contributed by atoms with van der Waals surface area (Å²) in [4.78, 5) is 13.6. The van der Waals surface area contributed by atoms with Crippen molar-refractivity contribution in [2.45, 2.75) is 0 Å². The van der Waals surface area contributed by atoms with Crippen molar-refractivity contribution in [2.75, 3.05) is 23.0 Å². The first-order valence-electron chi connectivity index (χ1n) is 5.82. The van der Waals surface area contributed by atoms with Crippen LogP contribution in [0.1, 0.15) is 0 Å². The maximum absolute atomic E-state index is 12.2. The first-order chi connectivity index (χ1) is 9.47. The highest BCUT2D eigenvalue weighted by Crippen LogP contribution is 2.25. The molecule has 0 bridgehead atoms. The smallest absolute Gasteiger partial charge is 0.326 e. The summed E-state index contributed by atoms with van der Waals surface area (Å²) in [5.74, 6) is 0. The molecule has 2 rings (SSSR count). The molecule has 0 saturated carbocycles. The van der Waals surface area contributed by atoms with Crippen LogP contribution in [0.15, 0.2) is 42.5 Å². The van der Waals surface area contributed by atoms with Gasteiger partial charge in [-0.25, -0.2) is 4.79 Å². The zero-order chi connectivity index (χ0) is 14.7. The predicted octanol–water partition coefficient (Wildman–Crippen LogP) is 4.24. The Bertz CT molecular complexity index is 626. The van der Waals surface area contributed by atoms with Crippen molar-refractivity contribution in [2.24, 2.45) is 0 Å². The number of para-hydroxylation sites is 2. The van der Waals surface area contributed by atoms with Gasteiger partial charge in [-0.3, -0.25) is 4.90 Å². The Morgan fingerprint density at radius 2 is 1.75 bits per heavy atom. The molecule has 4 nitrogen and oxygen atoms in total. The summed E-state index contributed by atoms with van der Waals surface area (Å²) in [7, 11) is 1.63. The molecule has 0 atom stereocenters. The van der Waals surface area contributed by atoms with Gasteiger partial charge >= 0.3 is 6.03 Å². The fraction of sp³-hybridized carbons (Fsp3) is 0.0714. The van der Waals surface area contributed by atoms with E-state index in [0.29, 0.717) is 27.1 Å². The molecule has 20 heavy (non-hydrogen) atoms. The Kier molecular flexibility index (Phi) is 4.37. The van der Waals surface area contributed by atoms with E-state index in [1.54, 1.807) is 43.4 Å². The van der Waals surface area contributed by atoms with Gasteiger partial charge in [-0.1, -0.05) is 35.3 Å². The number of nitrogens with one attached hydrogen (secondary N) is 1. The second-order valence-electron chi connectivity index (χ2n) is 4.21. The van der Waals surface area contributed by atoms with Crippen molar-refractivity contribution in [1.82, 2.24) is 0 Å². The van der Waals surface area contributed by atoms with Gasteiger partial charge in [0.2, 0.25) is 0 Å². The molecule has 0 heterocycles. The largest absolute Gasteiger partial charge is 0.397 e. The SMILES string of the molecule is CN(C(=O)Nc1cc(Cl)cc(Cl)c1)c1ccccc1N. The number of nitrogens with zero attached hydrogens (tertiary/aromatic N) is 1. The molecule has 0 fully saturated rings. The Labute approximate surface area is 127 Å². The van der Waals surface area contributed by atoms with E-state index in [2.05, 4.69) is 5.32 Å². The number of urea groups is 1. The summed E-state index contributed by atoms with van der Waals surface area (Å²) < 4.78 is 0. The molecule has 0 aromatic heterocycles. The molecule has 104 valence electrons. The van der Waals surface area contributed by atoms with E-state index >= 15 is 0 Å². The van der Waals surface area contributed by atoms with Gasteiger partial charge < -0.3 is 11.1 Å². The van der Waals surface area contributed by atoms with Crippen LogP contribution in [0.5, 0.6) is 0 Å². The van der Waals surface area contributed by atoms with Gasteiger partial charge in [-0.15, -0.1) is 0 Å². The minimum atomic E-state index is -0.332. The van der Waals surface area contributed by atoms with Crippen molar-refractivity contribution in [3.63, 3.8) is 0 Å². The molecule has 0 radical (unpaired) electrons. The number of nitrogens with two attached hydrogens (primary N) is 1. The van der Waals surface area contributed by atoms with Crippen LogP contribution in [0, 0.1) is 0 Å². The molecule has 6 heteroatoms. The third-order valence-electron chi connectivity index (χ3n) is 2.72. The van der Waals surface area contributed by atoms with Crippen LogP contribution < -0.4 is 16.0 Å². The molecule has 0 aliphatic rings.